The van der Waals surface area contributed by atoms with Crippen LogP contribution in [0.3, 0.4) is 0 Å². The minimum absolute atomic E-state index is 0.439. The number of rotatable bonds is 3. The molecule has 5 heteroatoms. The summed E-state index contributed by atoms with van der Waals surface area (Å²) in [5, 5.41) is 1.42. The number of hydrogen-bond donors (Lipinski definition) is 0. The van der Waals surface area contributed by atoms with Crippen molar-refractivity contribution in [2.24, 2.45) is 0 Å². The van der Waals surface area contributed by atoms with Gasteiger partial charge in [0.1, 0.15) is 5.75 Å². The lowest BCUT2D eigenvalue weighted by molar-refractivity contribution is 0.233. The zero-order chi connectivity index (χ0) is 16.8. The summed E-state index contributed by atoms with van der Waals surface area (Å²) in [6, 6.07) is 8.14. The van der Waals surface area contributed by atoms with Crippen LogP contribution >= 0.6 is 8.22 Å². The molecule has 0 spiro atoms. The lowest BCUT2D eigenvalue weighted by Gasteiger charge is -2.31. The first-order valence-corrected chi connectivity index (χ1v) is 13.5. The highest BCUT2D eigenvalue weighted by Crippen LogP contribution is 2.56. The van der Waals surface area contributed by atoms with E-state index in [1.165, 1.54) is 36.6 Å². The van der Waals surface area contributed by atoms with Gasteiger partial charge in [0.25, 0.3) is 0 Å². The monoisotopic (exact) mass is 350 g/mol. The summed E-state index contributed by atoms with van der Waals surface area (Å²) in [7, 11) is 2.60. The van der Waals surface area contributed by atoms with Gasteiger partial charge in [-0.3, -0.25) is 9.34 Å². The van der Waals surface area contributed by atoms with Crippen molar-refractivity contribution in [3.05, 3.63) is 23.8 Å². The summed E-state index contributed by atoms with van der Waals surface area (Å²) in [6.07, 6.45) is 5.46. The van der Waals surface area contributed by atoms with E-state index in [2.05, 4.69) is 68.2 Å². The molecule has 0 amide bonds. The fourth-order valence-electron chi connectivity index (χ4n) is 4.04. The normalized spacial score (nSPS) is 27.2. The largest absolute Gasteiger partial charge is 0.544 e. The van der Waals surface area contributed by atoms with E-state index >= 15 is 0 Å². The van der Waals surface area contributed by atoms with Gasteiger partial charge >= 0.3 is 0 Å². The maximum atomic E-state index is 6.53. The fraction of sp³-hybridized carbons (Fsp3) is 0.667. The molecule has 3 nitrogen and oxygen atoms in total. The molecule has 3 rings (SSSR count). The highest BCUT2D eigenvalue weighted by molar-refractivity contribution is 7.61. The van der Waals surface area contributed by atoms with Crippen LogP contribution in [0.1, 0.15) is 31.2 Å². The van der Waals surface area contributed by atoms with Crippen molar-refractivity contribution in [3.63, 3.8) is 0 Å². The molecular formula is C18H31N2OPSi. The third-order valence-electron chi connectivity index (χ3n) is 5.07. The van der Waals surface area contributed by atoms with Crippen molar-refractivity contribution in [3.8, 4) is 5.75 Å². The Bertz CT molecular complexity index is 557. The third-order valence-corrected chi connectivity index (χ3v) is 8.45. The van der Waals surface area contributed by atoms with Gasteiger partial charge in [0.2, 0.25) is 8.32 Å². The first-order valence-electron chi connectivity index (χ1n) is 8.84. The van der Waals surface area contributed by atoms with Crippen molar-refractivity contribution in [1.82, 2.24) is 9.34 Å². The summed E-state index contributed by atoms with van der Waals surface area (Å²) in [5.41, 5.74) is 1.28. The molecule has 0 bridgehead atoms. The Balaban J connectivity index is 1.99. The van der Waals surface area contributed by atoms with Crippen LogP contribution in [0.2, 0.25) is 19.6 Å². The van der Waals surface area contributed by atoms with Crippen LogP contribution in [0.15, 0.2) is 18.2 Å². The van der Waals surface area contributed by atoms with E-state index in [4.69, 9.17) is 4.43 Å². The summed E-state index contributed by atoms with van der Waals surface area (Å²) < 4.78 is 11.8. The zero-order valence-corrected chi connectivity index (χ0v) is 17.4. The standard InChI is InChI=1S/C18H31N2OPSi/c1-14-10-9-13-17(18(14)21-23(4,5)6)22-19(2)15-11-7-8-12-16(15)20(22)3/h9-10,13,15-16H,7-8,11-12H2,1-6H3/t15-,16-/m1/s1. The number of fused-ring (bicyclic) bond motifs is 1. The molecule has 1 aliphatic heterocycles. The maximum absolute atomic E-state index is 6.53. The molecule has 1 heterocycles. The van der Waals surface area contributed by atoms with E-state index in [0.717, 1.165) is 17.8 Å². The molecule has 1 aromatic rings. The van der Waals surface area contributed by atoms with Gasteiger partial charge in [-0.05, 0) is 65.1 Å². The van der Waals surface area contributed by atoms with Gasteiger partial charge in [0.15, 0.2) is 0 Å². The molecule has 2 fully saturated rings. The van der Waals surface area contributed by atoms with Gasteiger partial charge in [-0.2, -0.15) is 0 Å². The molecule has 0 radical (unpaired) electrons. The third kappa shape index (κ3) is 3.37. The van der Waals surface area contributed by atoms with Crippen LogP contribution in [0, 0.1) is 6.92 Å². The molecule has 2 atom stereocenters. The van der Waals surface area contributed by atoms with Gasteiger partial charge in [0, 0.05) is 17.4 Å². The van der Waals surface area contributed by atoms with E-state index in [1.54, 1.807) is 0 Å². The smallest absolute Gasteiger partial charge is 0.242 e. The topological polar surface area (TPSA) is 15.7 Å². The molecule has 0 N–H and O–H groups in total. The Morgan fingerprint density at radius 3 is 2.13 bits per heavy atom. The van der Waals surface area contributed by atoms with Gasteiger partial charge in [-0.25, -0.2) is 0 Å². The summed E-state index contributed by atoms with van der Waals surface area (Å²) >= 11 is 0. The van der Waals surface area contributed by atoms with Crippen LogP contribution in [0.25, 0.3) is 0 Å². The van der Waals surface area contributed by atoms with E-state index < -0.39 is 16.5 Å². The van der Waals surface area contributed by atoms with Crippen molar-refractivity contribution < 1.29 is 4.43 Å². The molecule has 1 saturated carbocycles. The second kappa shape index (κ2) is 6.48. The summed E-state index contributed by atoms with van der Waals surface area (Å²) in [5.74, 6) is 1.16. The summed E-state index contributed by atoms with van der Waals surface area (Å²) in [6.45, 7) is 9.02. The van der Waals surface area contributed by atoms with Crippen LogP contribution in [0.4, 0.5) is 0 Å². The minimum Gasteiger partial charge on any atom is -0.544 e. The summed E-state index contributed by atoms with van der Waals surface area (Å²) in [4.78, 5) is 0. The molecule has 128 valence electrons. The van der Waals surface area contributed by atoms with E-state index in [9.17, 15) is 0 Å². The highest BCUT2D eigenvalue weighted by Gasteiger charge is 2.46. The Labute approximate surface area is 144 Å². The molecular weight excluding hydrogens is 319 g/mol. The van der Waals surface area contributed by atoms with Gasteiger partial charge in [-0.1, -0.05) is 25.0 Å². The molecule has 1 aliphatic carbocycles. The molecule has 1 saturated heterocycles. The number of nitrogens with zero attached hydrogens (tertiary/aromatic N) is 2. The number of hydrogen-bond acceptors (Lipinski definition) is 3. The van der Waals surface area contributed by atoms with E-state index in [0.29, 0.717) is 0 Å². The van der Waals surface area contributed by atoms with Crippen LogP contribution in [-0.4, -0.2) is 43.8 Å². The second-order valence-corrected chi connectivity index (χ2v) is 14.7. The SMILES string of the molecule is Cc1cccc(P2N(C)[C@@H]3CCCC[C@H]3N2C)c1O[Si](C)(C)C. The van der Waals surface area contributed by atoms with Crippen LogP contribution < -0.4 is 9.73 Å². The van der Waals surface area contributed by atoms with Crippen molar-refractivity contribution in [1.29, 1.82) is 0 Å². The lowest BCUT2D eigenvalue weighted by Crippen LogP contribution is -2.37. The average molecular weight is 351 g/mol. The van der Waals surface area contributed by atoms with E-state index in [1.807, 2.05) is 0 Å². The maximum Gasteiger partial charge on any atom is 0.242 e. The van der Waals surface area contributed by atoms with Crippen molar-refractivity contribution in [2.75, 3.05) is 14.1 Å². The average Bonchev–Trinajstić information content (AvgIpc) is 2.73. The predicted molar refractivity (Wildman–Crippen MR) is 103 cm³/mol. The molecule has 1 aromatic carbocycles. The van der Waals surface area contributed by atoms with Crippen molar-refractivity contribution >= 4 is 21.8 Å². The number of benzene rings is 1. The first kappa shape index (κ1) is 17.4. The number of aryl methyl sites for hydroxylation is 1. The Morgan fingerprint density at radius 2 is 1.61 bits per heavy atom. The Kier molecular flexibility index (Phi) is 4.90. The fourth-order valence-corrected chi connectivity index (χ4v) is 7.86. The number of para-hydroxylation sites is 1. The highest BCUT2D eigenvalue weighted by atomic mass is 31.1. The number of likely N-dealkylation sites (N-methyl/N-ethyl adjacent to an activating group) is 2. The quantitative estimate of drug-likeness (QED) is 0.596. The van der Waals surface area contributed by atoms with Gasteiger partial charge < -0.3 is 4.43 Å². The second-order valence-electron chi connectivity index (χ2n) is 7.99. The molecule has 23 heavy (non-hydrogen) atoms. The zero-order valence-electron chi connectivity index (χ0n) is 15.5. The first-order chi connectivity index (χ1) is 10.8. The molecule has 0 unspecified atom stereocenters. The lowest BCUT2D eigenvalue weighted by atomic mass is 9.91. The molecule has 2 aliphatic rings. The Morgan fingerprint density at radius 1 is 1.04 bits per heavy atom. The predicted octanol–water partition coefficient (Wildman–Crippen LogP) is 4.33. The van der Waals surface area contributed by atoms with Crippen molar-refractivity contribution in [2.45, 2.75) is 64.3 Å². The van der Waals surface area contributed by atoms with Crippen LogP contribution in [-0.2, 0) is 0 Å². The van der Waals surface area contributed by atoms with Gasteiger partial charge in [-0.15, -0.1) is 0 Å². The van der Waals surface area contributed by atoms with Crippen LogP contribution in [0.5, 0.6) is 5.75 Å². The van der Waals surface area contributed by atoms with Gasteiger partial charge in [0.05, 0.1) is 8.22 Å². The molecule has 0 aromatic heterocycles. The Hall–Kier alpha value is -0.413. The van der Waals surface area contributed by atoms with E-state index in [-0.39, 0.29) is 0 Å². The minimum atomic E-state index is -1.62.